The van der Waals surface area contributed by atoms with E-state index in [9.17, 15) is 13.2 Å². The van der Waals surface area contributed by atoms with Gasteiger partial charge in [-0.3, -0.25) is 4.79 Å². The van der Waals surface area contributed by atoms with Crippen molar-refractivity contribution in [2.24, 2.45) is 0 Å². The monoisotopic (exact) mass is 326 g/mol. The van der Waals surface area contributed by atoms with E-state index in [1.807, 2.05) is 18.2 Å². The van der Waals surface area contributed by atoms with Crippen molar-refractivity contribution in [2.75, 3.05) is 32.0 Å². The van der Waals surface area contributed by atoms with Crippen molar-refractivity contribution >= 4 is 15.9 Å². The summed E-state index contributed by atoms with van der Waals surface area (Å²) < 4.78 is 31.0. The summed E-state index contributed by atoms with van der Waals surface area (Å²) in [5, 5.41) is 2.58. The number of carbonyl (C=O) groups excluding carboxylic acids is 1. The summed E-state index contributed by atoms with van der Waals surface area (Å²) in [6, 6.07) is 9.01. The molecule has 6 nitrogen and oxygen atoms in total. The third-order valence-corrected chi connectivity index (χ3v) is 5.38. The number of hydrogen-bond acceptors (Lipinski definition) is 4. The second-order valence-corrected chi connectivity index (χ2v) is 7.32. The molecule has 1 aliphatic heterocycles. The molecule has 0 radical (unpaired) electrons. The molecule has 1 aromatic carbocycles. The Bertz CT molecular complexity index is 568. The summed E-state index contributed by atoms with van der Waals surface area (Å²) in [6.07, 6.45) is 2.91. The third kappa shape index (κ3) is 5.31. The number of nitrogens with zero attached hydrogens (tertiary/aromatic N) is 1. The quantitative estimate of drug-likeness (QED) is 0.811. The smallest absolute Gasteiger partial charge is 0.257 e. The Morgan fingerprint density at radius 2 is 1.82 bits per heavy atom. The van der Waals surface area contributed by atoms with Gasteiger partial charge < -0.3 is 10.1 Å². The number of nitrogens with one attached hydrogen (secondary N) is 1. The Hall–Kier alpha value is -1.60. The van der Waals surface area contributed by atoms with Crippen LogP contribution in [-0.4, -0.2) is 50.6 Å². The van der Waals surface area contributed by atoms with Crippen LogP contribution in [0.1, 0.15) is 19.3 Å². The first kappa shape index (κ1) is 16.8. The normalized spacial score (nSPS) is 16.2. The van der Waals surface area contributed by atoms with Gasteiger partial charge in [0, 0.05) is 19.6 Å². The molecule has 1 amide bonds. The molecule has 0 saturated carbocycles. The summed E-state index contributed by atoms with van der Waals surface area (Å²) in [6.45, 7) is 1.17. The molecule has 122 valence electrons. The SMILES string of the molecule is O=C(COc1ccccc1)NCCS(=O)(=O)N1CCCCC1. The van der Waals surface area contributed by atoms with Crippen LogP contribution in [0.3, 0.4) is 0 Å². The predicted molar refractivity (Wildman–Crippen MR) is 84.2 cm³/mol. The fourth-order valence-corrected chi connectivity index (χ4v) is 3.74. The molecule has 2 rings (SSSR count). The minimum Gasteiger partial charge on any atom is -0.484 e. The van der Waals surface area contributed by atoms with E-state index in [0.29, 0.717) is 18.8 Å². The van der Waals surface area contributed by atoms with Gasteiger partial charge in [0.25, 0.3) is 5.91 Å². The standard InChI is InChI=1S/C15H22N2O4S/c18-15(13-21-14-7-3-1-4-8-14)16-9-12-22(19,20)17-10-5-2-6-11-17/h1,3-4,7-8H,2,5-6,9-13H2,(H,16,18). The van der Waals surface area contributed by atoms with Crippen molar-refractivity contribution in [1.29, 1.82) is 0 Å². The van der Waals surface area contributed by atoms with Crippen LogP contribution in [0.15, 0.2) is 30.3 Å². The molecule has 0 atom stereocenters. The van der Waals surface area contributed by atoms with Crippen LogP contribution in [0.4, 0.5) is 0 Å². The summed E-state index contributed by atoms with van der Waals surface area (Å²) in [5.41, 5.74) is 0. The summed E-state index contributed by atoms with van der Waals surface area (Å²) in [7, 11) is -3.27. The number of ether oxygens (including phenoxy) is 1. The Morgan fingerprint density at radius 3 is 2.50 bits per heavy atom. The second-order valence-electron chi connectivity index (χ2n) is 5.23. The summed E-state index contributed by atoms with van der Waals surface area (Å²) in [5.74, 6) is 0.223. The summed E-state index contributed by atoms with van der Waals surface area (Å²) in [4.78, 5) is 11.6. The molecule has 1 aromatic rings. The lowest BCUT2D eigenvalue weighted by atomic mass is 10.2. The number of benzene rings is 1. The van der Waals surface area contributed by atoms with Crippen LogP contribution in [0.25, 0.3) is 0 Å². The topological polar surface area (TPSA) is 75.7 Å². The van der Waals surface area contributed by atoms with Crippen molar-refractivity contribution in [1.82, 2.24) is 9.62 Å². The first-order valence-electron chi connectivity index (χ1n) is 7.50. The lowest BCUT2D eigenvalue weighted by Crippen LogP contribution is -2.41. The molecule has 0 unspecified atom stereocenters. The molecule has 22 heavy (non-hydrogen) atoms. The van der Waals surface area contributed by atoms with E-state index in [1.54, 1.807) is 12.1 Å². The Labute approximate surface area is 131 Å². The second kappa shape index (κ2) is 8.14. The average Bonchev–Trinajstić information content (AvgIpc) is 2.54. The molecule has 0 aromatic heterocycles. The maximum atomic E-state index is 12.1. The number of rotatable bonds is 7. The number of piperidine rings is 1. The van der Waals surface area contributed by atoms with Crippen LogP contribution < -0.4 is 10.1 Å². The van der Waals surface area contributed by atoms with E-state index in [0.717, 1.165) is 19.3 Å². The predicted octanol–water partition coefficient (Wildman–Crippen LogP) is 0.997. The molecule has 0 aliphatic carbocycles. The number of sulfonamides is 1. The molecule has 7 heteroatoms. The Morgan fingerprint density at radius 1 is 1.14 bits per heavy atom. The number of hydrogen-bond donors (Lipinski definition) is 1. The van der Waals surface area contributed by atoms with Gasteiger partial charge in [-0.25, -0.2) is 12.7 Å². The van der Waals surface area contributed by atoms with E-state index < -0.39 is 10.0 Å². The first-order valence-corrected chi connectivity index (χ1v) is 9.11. The minimum absolute atomic E-state index is 0.0654. The highest BCUT2D eigenvalue weighted by molar-refractivity contribution is 7.89. The van der Waals surface area contributed by atoms with Gasteiger partial charge in [-0.15, -0.1) is 0 Å². The summed E-state index contributed by atoms with van der Waals surface area (Å²) >= 11 is 0. The zero-order chi connectivity index (χ0) is 15.8. The van der Waals surface area contributed by atoms with E-state index in [2.05, 4.69) is 5.32 Å². The molecular weight excluding hydrogens is 304 g/mol. The fraction of sp³-hybridized carbons (Fsp3) is 0.533. The van der Waals surface area contributed by atoms with Crippen LogP contribution in [0, 0.1) is 0 Å². The maximum absolute atomic E-state index is 12.1. The highest BCUT2D eigenvalue weighted by Crippen LogP contribution is 2.13. The maximum Gasteiger partial charge on any atom is 0.257 e. The lowest BCUT2D eigenvalue weighted by Gasteiger charge is -2.25. The van der Waals surface area contributed by atoms with Crippen LogP contribution in [-0.2, 0) is 14.8 Å². The van der Waals surface area contributed by atoms with Crippen LogP contribution in [0.5, 0.6) is 5.75 Å². The van der Waals surface area contributed by atoms with Gasteiger partial charge in [0.1, 0.15) is 5.75 Å². The van der Waals surface area contributed by atoms with Crippen molar-refractivity contribution in [3.05, 3.63) is 30.3 Å². The zero-order valence-corrected chi connectivity index (χ0v) is 13.3. The lowest BCUT2D eigenvalue weighted by molar-refractivity contribution is -0.122. The Kier molecular flexibility index (Phi) is 6.21. The molecule has 0 spiro atoms. The highest BCUT2D eigenvalue weighted by atomic mass is 32.2. The number of para-hydroxylation sites is 1. The van der Waals surface area contributed by atoms with E-state index in [-0.39, 0.29) is 24.8 Å². The van der Waals surface area contributed by atoms with Crippen molar-refractivity contribution in [3.8, 4) is 5.75 Å². The molecule has 1 saturated heterocycles. The molecule has 1 N–H and O–H groups in total. The van der Waals surface area contributed by atoms with Gasteiger partial charge in [0.05, 0.1) is 5.75 Å². The Balaban J connectivity index is 1.68. The van der Waals surface area contributed by atoms with E-state index in [4.69, 9.17) is 4.74 Å². The van der Waals surface area contributed by atoms with Crippen molar-refractivity contribution in [3.63, 3.8) is 0 Å². The van der Waals surface area contributed by atoms with Gasteiger partial charge in [0.15, 0.2) is 6.61 Å². The molecule has 1 aliphatic rings. The van der Waals surface area contributed by atoms with Gasteiger partial charge in [-0.1, -0.05) is 24.6 Å². The van der Waals surface area contributed by atoms with Crippen molar-refractivity contribution < 1.29 is 17.9 Å². The van der Waals surface area contributed by atoms with Crippen molar-refractivity contribution in [2.45, 2.75) is 19.3 Å². The number of amides is 1. The average molecular weight is 326 g/mol. The molecule has 1 heterocycles. The number of carbonyl (C=O) groups is 1. The van der Waals surface area contributed by atoms with Gasteiger partial charge >= 0.3 is 0 Å². The third-order valence-electron chi connectivity index (χ3n) is 3.50. The van der Waals surface area contributed by atoms with Crippen LogP contribution >= 0.6 is 0 Å². The van der Waals surface area contributed by atoms with E-state index >= 15 is 0 Å². The highest BCUT2D eigenvalue weighted by Gasteiger charge is 2.23. The van der Waals surface area contributed by atoms with Gasteiger partial charge in [-0.2, -0.15) is 0 Å². The molecule has 0 bridgehead atoms. The van der Waals surface area contributed by atoms with Gasteiger partial charge in [0.2, 0.25) is 10.0 Å². The fourth-order valence-electron chi connectivity index (χ4n) is 2.31. The van der Waals surface area contributed by atoms with Gasteiger partial charge in [-0.05, 0) is 25.0 Å². The van der Waals surface area contributed by atoms with Crippen LogP contribution in [0.2, 0.25) is 0 Å². The molecular formula is C15H22N2O4S. The molecule has 1 fully saturated rings. The van der Waals surface area contributed by atoms with E-state index in [1.165, 1.54) is 4.31 Å². The first-order chi connectivity index (χ1) is 10.6. The minimum atomic E-state index is -3.27. The zero-order valence-electron chi connectivity index (χ0n) is 12.5. The largest absolute Gasteiger partial charge is 0.484 e.